The Morgan fingerprint density at radius 3 is 2.56 bits per heavy atom. The molecule has 0 aliphatic heterocycles. The maximum atomic E-state index is 10.9. The highest BCUT2D eigenvalue weighted by atomic mass is 16.5. The molecule has 0 atom stereocenters. The molecule has 140 valence electrons. The predicted molar refractivity (Wildman–Crippen MR) is 102 cm³/mol. The number of carbonyl (C=O) groups excluding carboxylic acids is 1. The summed E-state index contributed by atoms with van der Waals surface area (Å²) in [5.41, 5.74) is 7.57. The van der Waals surface area contributed by atoms with Gasteiger partial charge < -0.3 is 19.6 Å². The Kier molecular flexibility index (Phi) is 5.76. The SMILES string of the molecule is CCOc1ccccc1-c1nc(COc2ccc(CC(N)=O)cc2)c(C)o1. The van der Waals surface area contributed by atoms with Gasteiger partial charge in [0.1, 0.15) is 29.6 Å². The maximum absolute atomic E-state index is 10.9. The third kappa shape index (κ3) is 4.67. The number of ether oxygens (including phenoxy) is 2. The van der Waals surface area contributed by atoms with Gasteiger partial charge >= 0.3 is 0 Å². The molecule has 1 aromatic heterocycles. The molecule has 6 nitrogen and oxygen atoms in total. The summed E-state index contributed by atoms with van der Waals surface area (Å²) in [4.78, 5) is 15.5. The molecule has 1 heterocycles. The standard InChI is InChI=1S/C21H22N2O4/c1-3-25-19-7-5-4-6-17(19)21-23-18(14(2)27-21)13-26-16-10-8-15(9-11-16)12-20(22)24/h4-11H,3,12-13H2,1-2H3,(H2,22,24). The summed E-state index contributed by atoms with van der Waals surface area (Å²) < 4.78 is 17.3. The first-order valence-corrected chi connectivity index (χ1v) is 8.75. The molecular formula is C21H22N2O4. The number of aromatic nitrogens is 1. The molecule has 0 saturated heterocycles. The Hall–Kier alpha value is -3.28. The lowest BCUT2D eigenvalue weighted by Crippen LogP contribution is -2.13. The molecule has 0 radical (unpaired) electrons. The number of carbonyl (C=O) groups is 1. The van der Waals surface area contributed by atoms with Crippen molar-refractivity contribution in [1.82, 2.24) is 4.98 Å². The topological polar surface area (TPSA) is 87.6 Å². The summed E-state index contributed by atoms with van der Waals surface area (Å²) in [6.07, 6.45) is 0.214. The fourth-order valence-electron chi connectivity index (χ4n) is 2.66. The zero-order valence-electron chi connectivity index (χ0n) is 15.4. The molecule has 0 unspecified atom stereocenters. The van der Waals surface area contributed by atoms with E-state index in [2.05, 4.69) is 4.98 Å². The van der Waals surface area contributed by atoms with Crippen LogP contribution in [-0.4, -0.2) is 17.5 Å². The van der Waals surface area contributed by atoms with Gasteiger partial charge in [0.25, 0.3) is 0 Å². The minimum absolute atomic E-state index is 0.214. The third-order valence-electron chi connectivity index (χ3n) is 3.99. The molecule has 2 aromatic carbocycles. The van der Waals surface area contributed by atoms with Crippen LogP contribution in [0.2, 0.25) is 0 Å². The zero-order chi connectivity index (χ0) is 19.2. The fourth-order valence-corrected chi connectivity index (χ4v) is 2.66. The van der Waals surface area contributed by atoms with Crippen LogP contribution in [0.15, 0.2) is 52.9 Å². The summed E-state index contributed by atoms with van der Waals surface area (Å²) in [6, 6.07) is 14.9. The van der Waals surface area contributed by atoms with Crippen LogP contribution in [0.25, 0.3) is 11.5 Å². The molecular weight excluding hydrogens is 344 g/mol. The second-order valence-corrected chi connectivity index (χ2v) is 6.03. The molecule has 1 amide bonds. The van der Waals surface area contributed by atoms with Crippen molar-refractivity contribution in [2.45, 2.75) is 26.9 Å². The smallest absolute Gasteiger partial charge is 0.230 e. The van der Waals surface area contributed by atoms with Crippen LogP contribution in [-0.2, 0) is 17.8 Å². The van der Waals surface area contributed by atoms with Gasteiger partial charge in [-0.1, -0.05) is 24.3 Å². The lowest BCUT2D eigenvalue weighted by atomic mass is 10.1. The van der Waals surface area contributed by atoms with E-state index in [0.717, 1.165) is 22.6 Å². The Morgan fingerprint density at radius 1 is 1.11 bits per heavy atom. The van der Waals surface area contributed by atoms with Crippen molar-refractivity contribution in [3.05, 3.63) is 65.5 Å². The highest BCUT2D eigenvalue weighted by Gasteiger charge is 2.15. The van der Waals surface area contributed by atoms with Crippen molar-refractivity contribution in [2.75, 3.05) is 6.61 Å². The van der Waals surface area contributed by atoms with E-state index in [1.807, 2.05) is 50.2 Å². The molecule has 0 fully saturated rings. The monoisotopic (exact) mass is 366 g/mol. The summed E-state index contributed by atoms with van der Waals surface area (Å²) in [5, 5.41) is 0. The van der Waals surface area contributed by atoms with E-state index < -0.39 is 0 Å². The molecule has 0 aliphatic rings. The van der Waals surface area contributed by atoms with E-state index in [1.165, 1.54) is 0 Å². The van der Waals surface area contributed by atoms with Gasteiger partial charge in [-0.2, -0.15) is 0 Å². The lowest BCUT2D eigenvalue weighted by Gasteiger charge is -2.06. The van der Waals surface area contributed by atoms with Crippen LogP contribution < -0.4 is 15.2 Å². The van der Waals surface area contributed by atoms with Crippen LogP contribution in [0.5, 0.6) is 11.5 Å². The third-order valence-corrected chi connectivity index (χ3v) is 3.99. The average molecular weight is 366 g/mol. The first-order chi connectivity index (χ1) is 13.1. The van der Waals surface area contributed by atoms with Gasteiger partial charge in [0.2, 0.25) is 11.8 Å². The number of hydrogen-bond donors (Lipinski definition) is 1. The van der Waals surface area contributed by atoms with Crippen LogP contribution in [0.3, 0.4) is 0 Å². The second-order valence-electron chi connectivity index (χ2n) is 6.03. The first-order valence-electron chi connectivity index (χ1n) is 8.75. The number of nitrogens with zero attached hydrogens (tertiary/aromatic N) is 1. The van der Waals surface area contributed by atoms with E-state index in [-0.39, 0.29) is 18.9 Å². The van der Waals surface area contributed by atoms with Crippen molar-refractivity contribution in [3.63, 3.8) is 0 Å². The van der Waals surface area contributed by atoms with Crippen LogP contribution in [0, 0.1) is 6.92 Å². The van der Waals surface area contributed by atoms with Crippen molar-refractivity contribution in [1.29, 1.82) is 0 Å². The number of amides is 1. The molecule has 3 aromatic rings. The van der Waals surface area contributed by atoms with E-state index in [4.69, 9.17) is 19.6 Å². The van der Waals surface area contributed by atoms with Gasteiger partial charge in [0.05, 0.1) is 18.6 Å². The van der Waals surface area contributed by atoms with Crippen molar-refractivity contribution < 1.29 is 18.7 Å². The van der Waals surface area contributed by atoms with E-state index in [9.17, 15) is 4.79 Å². The number of para-hydroxylation sites is 1. The molecule has 27 heavy (non-hydrogen) atoms. The van der Waals surface area contributed by atoms with Gasteiger partial charge in [-0.15, -0.1) is 0 Å². The maximum Gasteiger partial charge on any atom is 0.230 e. The molecule has 2 N–H and O–H groups in total. The fraction of sp³-hybridized carbons (Fsp3) is 0.238. The van der Waals surface area contributed by atoms with E-state index in [1.54, 1.807) is 12.1 Å². The molecule has 0 spiro atoms. The number of primary amides is 1. The predicted octanol–water partition coefficient (Wildman–Crippen LogP) is 3.66. The number of benzene rings is 2. The molecule has 0 aliphatic carbocycles. The Bertz CT molecular complexity index is 916. The number of oxazole rings is 1. The number of rotatable bonds is 8. The van der Waals surface area contributed by atoms with Crippen molar-refractivity contribution >= 4 is 5.91 Å². The molecule has 0 saturated carbocycles. The summed E-state index contributed by atoms with van der Waals surface area (Å²) in [5.74, 6) is 2.26. The van der Waals surface area contributed by atoms with Crippen LogP contribution in [0.4, 0.5) is 0 Å². The number of aryl methyl sites for hydroxylation is 1. The normalized spacial score (nSPS) is 10.6. The average Bonchev–Trinajstić information content (AvgIpc) is 3.02. The van der Waals surface area contributed by atoms with Crippen molar-refractivity contribution in [2.24, 2.45) is 5.73 Å². The van der Waals surface area contributed by atoms with E-state index >= 15 is 0 Å². The summed E-state index contributed by atoms with van der Waals surface area (Å²) in [7, 11) is 0. The summed E-state index contributed by atoms with van der Waals surface area (Å²) >= 11 is 0. The van der Waals surface area contributed by atoms with Gasteiger partial charge in [-0.05, 0) is 43.7 Å². The second kappa shape index (κ2) is 8.40. The molecule has 6 heteroatoms. The quantitative estimate of drug-likeness (QED) is 0.657. The van der Waals surface area contributed by atoms with Crippen molar-refractivity contribution in [3.8, 4) is 23.0 Å². The van der Waals surface area contributed by atoms with Crippen LogP contribution >= 0.6 is 0 Å². The number of nitrogens with two attached hydrogens (primary N) is 1. The lowest BCUT2D eigenvalue weighted by molar-refractivity contribution is -0.117. The minimum atomic E-state index is -0.359. The highest BCUT2D eigenvalue weighted by molar-refractivity contribution is 5.76. The Labute approximate surface area is 157 Å². The molecule has 3 rings (SSSR count). The van der Waals surface area contributed by atoms with Gasteiger partial charge in [0.15, 0.2) is 0 Å². The highest BCUT2D eigenvalue weighted by Crippen LogP contribution is 2.30. The van der Waals surface area contributed by atoms with Gasteiger partial charge in [-0.25, -0.2) is 4.98 Å². The Morgan fingerprint density at radius 2 is 1.85 bits per heavy atom. The Balaban J connectivity index is 1.71. The van der Waals surface area contributed by atoms with Gasteiger partial charge in [-0.3, -0.25) is 4.79 Å². The zero-order valence-corrected chi connectivity index (χ0v) is 15.4. The van der Waals surface area contributed by atoms with Crippen LogP contribution in [0.1, 0.15) is 23.9 Å². The summed E-state index contributed by atoms with van der Waals surface area (Å²) in [6.45, 7) is 4.64. The van der Waals surface area contributed by atoms with E-state index in [0.29, 0.717) is 24.0 Å². The molecule has 0 bridgehead atoms. The first kappa shape index (κ1) is 18.5. The largest absolute Gasteiger partial charge is 0.493 e. The number of hydrogen-bond acceptors (Lipinski definition) is 5. The van der Waals surface area contributed by atoms with Gasteiger partial charge in [0, 0.05) is 0 Å². The minimum Gasteiger partial charge on any atom is -0.493 e.